The molecule has 5 rings (SSSR count). The van der Waals surface area contributed by atoms with Crippen LogP contribution in [-0.2, 0) is 4.79 Å². The number of benzene rings is 1. The molecule has 4 saturated carbocycles. The number of hydrogen-bond acceptors (Lipinski definition) is 2. The molecule has 1 amide bonds. The number of para-hydroxylation sites is 1. The number of amides is 1. The lowest BCUT2D eigenvalue weighted by Crippen LogP contribution is -2.57. The third-order valence-electron chi connectivity index (χ3n) is 7.05. The highest BCUT2D eigenvalue weighted by Crippen LogP contribution is 2.61. The Labute approximate surface area is 151 Å². The molecule has 0 saturated heterocycles. The number of rotatable bonds is 6. The van der Waals surface area contributed by atoms with Crippen LogP contribution >= 0.6 is 0 Å². The van der Waals surface area contributed by atoms with Gasteiger partial charge in [0.05, 0.1) is 0 Å². The van der Waals surface area contributed by atoms with Crippen LogP contribution in [0.3, 0.4) is 0 Å². The first kappa shape index (κ1) is 16.9. The molecule has 0 aliphatic heterocycles. The predicted molar refractivity (Wildman–Crippen MR) is 99.4 cm³/mol. The minimum Gasteiger partial charge on any atom is -0.481 e. The number of carbonyl (C=O) groups excluding carboxylic acids is 1. The Balaban J connectivity index is 1.41. The third-order valence-corrected chi connectivity index (χ3v) is 7.05. The summed E-state index contributed by atoms with van der Waals surface area (Å²) in [6.45, 7) is 4.25. The second-order valence-electron chi connectivity index (χ2n) is 8.84. The van der Waals surface area contributed by atoms with Crippen molar-refractivity contribution in [3.05, 3.63) is 30.3 Å². The summed E-state index contributed by atoms with van der Waals surface area (Å²) in [4.78, 5) is 12.8. The van der Waals surface area contributed by atoms with Crippen molar-refractivity contribution in [2.45, 2.75) is 70.9 Å². The third kappa shape index (κ3) is 3.30. The average Bonchev–Trinajstić information content (AvgIpc) is 2.59. The summed E-state index contributed by atoms with van der Waals surface area (Å²) in [6.07, 6.45) is 8.55. The van der Waals surface area contributed by atoms with Crippen LogP contribution in [0, 0.1) is 23.2 Å². The van der Waals surface area contributed by atoms with Gasteiger partial charge in [0.15, 0.2) is 6.10 Å². The van der Waals surface area contributed by atoms with E-state index in [4.69, 9.17) is 4.74 Å². The lowest BCUT2D eigenvalue weighted by Gasteiger charge is -2.59. The van der Waals surface area contributed by atoms with Gasteiger partial charge < -0.3 is 10.1 Å². The number of hydrogen-bond donors (Lipinski definition) is 1. The minimum atomic E-state index is -0.404. The van der Waals surface area contributed by atoms with Crippen LogP contribution in [0.25, 0.3) is 0 Å². The van der Waals surface area contributed by atoms with E-state index in [0.29, 0.717) is 11.8 Å². The fourth-order valence-corrected chi connectivity index (χ4v) is 6.15. The second-order valence-corrected chi connectivity index (χ2v) is 8.84. The monoisotopic (exact) mass is 341 g/mol. The van der Waals surface area contributed by atoms with E-state index in [1.54, 1.807) is 0 Å². The van der Waals surface area contributed by atoms with E-state index < -0.39 is 6.10 Å². The standard InChI is InChI=1S/C22H31NO2/c1-3-20(25-19-7-5-4-6-8-19)21(24)23-15(2)22-12-16-9-17(13-22)11-18(10-16)14-22/h4-8,15-18,20H,3,9-14H2,1-2H3,(H,23,24)/t15-,16?,17?,18?,20+,22?/m1/s1. The summed E-state index contributed by atoms with van der Waals surface area (Å²) in [7, 11) is 0. The fourth-order valence-electron chi connectivity index (χ4n) is 6.15. The molecule has 1 aromatic rings. The van der Waals surface area contributed by atoms with Crippen LogP contribution in [0.1, 0.15) is 58.8 Å². The predicted octanol–water partition coefficient (Wildman–Crippen LogP) is 4.57. The molecular weight excluding hydrogens is 310 g/mol. The molecular formula is C22H31NO2. The maximum atomic E-state index is 12.8. The molecule has 2 atom stereocenters. The van der Waals surface area contributed by atoms with Crippen molar-refractivity contribution in [2.75, 3.05) is 0 Å². The van der Waals surface area contributed by atoms with Crippen LogP contribution < -0.4 is 10.1 Å². The second kappa shape index (κ2) is 6.66. The molecule has 0 heterocycles. The SMILES string of the molecule is CC[C@H](Oc1ccccc1)C(=O)N[C@H](C)C12CC3CC(CC(C3)C1)C2. The summed E-state index contributed by atoms with van der Waals surface area (Å²) in [5.41, 5.74) is 0.343. The largest absolute Gasteiger partial charge is 0.481 e. The van der Waals surface area contributed by atoms with E-state index in [0.717, 1.165) is 23.5 Å². The minimum absolute atomic E-state index is 0.0506. The molecule has 0 radical (unpaired) electrons. The highest BCUT2D eigenvalue weighted by molar-refractivity contribution is 5.81. The Kier molecular flexibility index (Phi) is 4.51. The molecule has 3 heteroatoms. The molecule has 0 unspecified atom stereocenters. The highest BCUT2D eigenvalue weighted by atomic mass is 16.5. The molecule has 3 nitrogen and oxygen atoms in total. The van der Waals surface area contributed by atoms with Gasteiger partial charge in [-0.25, -0.2) is 0 Å². The molecule has 136 valence electrons. The summed E-state index contributed by atoms with van der Waals surface area (Å²) in [5, 5.41) is 3.34. The molecule has 4 fully saturated rings. The van der Waals surface area contributed by atoms with Gasteiger partial charge in [0, 0.05) is 6.04 Å². The molecule has 1 N–H and O–H groups in total. The quantitative estimate of drug-likeness (QED) is 0.823. The lowest BCUT2D eigenvalue weighted by molar-refractivity contribution is -0.132. The van der Waals surface area contributed by atoms with Crippen molar-refractivity contribution in [3.8, 4) is 5.75 Å². The Hall–Kier alpha value is -1.51. The number of nitrogens with one attached hydrogen (secondary N) is 1. The van der Waals surface area contributed by atoms with Crippen LogP contribution in [0.5, 0.6) is 5.75 Å². The molecule has 1 aromatic carbocycles. The van der Waals surface area contributed by atoms with Gasteiger partial charge in [-0.1, -0.05) is 25.1 Å². The van der Waals surface area contributed by atoms with Gasteiger partial charge in [0.2, 0.25) is 0 Å². The first-order valence-electron chi connectivity index (χ1n) is 10.1. The van der Waals surface area contributed by atoms with Gasteiger partial charge in [-0.05, 0) is 87.2 Å². The molecule has 0 aromatic heterocycles. The van der Waals surface area contributed by atoms with E-state index in [1.165, 1.54) is 38.5 Å². The zero-order valence-corrected chi connectivity index (χ0v) is 15.5. The molecule has 0 spiro atoms. The molecule has 4 bridgehead atoms. The normalized spacial score (nSPS) is 35.2. The highest BCUT2D eigenvalue weighted by Gasteiger charge is 2.53. The Bertz CT molecular complexity index is 576. The van der Waals surface area contributed by atoms with E-state index >= 15 is 0 Å². The molecule has 4 aliphatic carbocycles. The summed E-state index contributed by atoms with van der Waals surface area (Å²) >= 11 is 0. The van der Waals surface area contributed by atoms with Crippen LogP contribution in [0.2, 0.25) is 0 Å². The van der Waals surface area contributed by atoms with E-state index in [-0.39, 0.29) is 11.9 Å². The Morgan fingerprint density at radius 1 is 1.12 bits per heavy atom. The number of ether oxygens (including phenoxy) is 1. The van der Waals surface area contributed by atoms with Crippen LogP contribution in [0.15, 0.2) is 30.3 Å². The zero-order chi connectivity index (χ0) is 17.4. The first-order chi connectivity index (χ1) is 12.1. The van der Waals surface area contributed by atoms with Crippen molar-refractivity contribution in [1.29, 1.82) is 0 Å². The van der Waals surface area contributed by atoms with Gasteiger partial charge in [-0.3, -0.25) is 4.79 Å². The van der Waals surface area contributed by atoms with Gasteiger partial charge in [0.25, 0.3) is 5.91 Å². The van der Waals surface area contributed by atoms with Crippen molar-refractivity contribution in [1.82, 2.24) is 5.32 Å². The van der Waals surface area contributed by atoms with E-state index in [2.05, 4.69) is 12.2 Å². The van der Waals surface area contributed by atoms with Gasteiger partial charge >= 0.3 is 0 Å². The Morgan fingerprint density at radius 3 is 2.20 bits per heavy atom. The first-order valence-corrected chi connectivity index (χ1v) is 10.1. The van der Waals surface area contributed by atoms with Gasteiger partial charge in [-0.2, -0.15) is 0 Å². The maximum absolute atomic E-state index is 12.8. The smallest absolute Gasteiger partial charge is 0.261 e. The van der Waals surface area contributed by atoms with Crippen molar-refractivity contribution >= 4 is 5.91 Å². The van der Waals surface area contributed by atoms with Crippen LogP contribution in [-0.4, -0.2) is 18.1 Å². The van der Waals surface area contributed by atoms with E-state index in [1.807, 2.05) is 37.3 Å². The maximum Gasteiger partial charge on any atom is 0.261 e. The van der Waals surface area contributed by atoms with Crippen LogP contribution in [0.4, 0.5) is 0 Å². The molecule has 25 heavy (non-hydrogen) atoms. The zero-order valence-electron chi connectivity index (χ0n) is 15.5. The average molecular weight is 341 g/mol. The summed E-state index contributed by atoms with van der Waals surface area (Å²) < 4.78 is 5.93. The summed E-state index contributed by atoms with van der Waals surface area (Å²) in [6, 6.07) is 9.93. The van der Waals surface area contributed by atoms with Gasteiger partial charge in [0.1, 0.15) is 5.75 Å². The topological polar surface area (TPSA) is 38.3 Å². The van der Waals surface area contributed by atoms with E-state index in [9.17, 15) is 4.79 Å². The van der Waals surface area contributed by atoms with Gasteiger partial charge in [-0.15, -0.1) is 0 Å². The lowest BCUT2D eigenvalue weighted by atomic mass is 9.48. The Morgan fingerprint density at radius 2 is 1.68 bits per heavy atom. The molecule has 4 aliphatic rings. The summed E-state index contributed by atoms with van der Waals surface area (Å²) in [5.74, 6) is 3.55. The van der Waals surface area contributed by atoms with Crippen molar-refractivity contribution < 1.29 is 9.53 Å². The number of carbonyl (C=O) groups is 1. The fraction of sp³-hybridized carbons (Fsp3) is 0.682. The van der Waals surface area contributed by atoms with Crippen molar-refractivity contribution in [2.24, 2.45) is 23.2 Å². The van der Waals surface area contributed by atoms with Crippen molar-refractivity contribution in [3.63, 3.8) is 0 Å².